The van der Waals surface area contributed by atoms with Crippen molar-refractivity contribution < 1.29 is 23.1 Å². The molecular weight excluding hydrogens is 237 g/mol. The third-order valence-corrected chi connectivity index (χ3v) is 2.09. The highest BCUT2D eigenvalue weighted by atomic mass is 19.4. The number of amides is 1. The minimum Gasteiger partial charge on any atom is -0.395 e. The topological polar surface area (TPSA) is 53.4 Å². The molecule has 1 aromatic rings. The maximum absolute atomic E-state index is 12.2. The van der Waals surface area contributed by atoms with E-state index in [2.05, 4.69) is 4.98 Å². The molecule has 1 aromatic heterocycles. The first-order chi connectivity index (χ1) is 7.86. The molecule has 1 heterocycles. The molecule has 94 valence electrons. The normalized spacial score (nSPS) is 11.4. The average Bonchev–Trinajstić information content (AvgIpc) is 2.27. The summed E-state index contributed by atoms with van der Waals surface area (Å²) in [6.45, 7) is -0.121. The maximum Gasteiger partial charge on any atom is 0.417 e. The van der Waals surface area contributed by atoms with Gasteiger partial charge in [-0.25, -0.2) is 0 Å². The molecule has 1 amide bonds. The van der Waals surface area contributed by atoms with Gasteiger partial charge >= 0.3 is 6.18 Å². The summed E-state index contributed by atoms with van der Waals surface area (Å²) in [6, 6.07) is 1.81. The number of alkyl halides is 3. The molecule has 0 fully saturated rings. The lowest BCUT2D eigenvalue weighted by Crippen LogP contribution is -2.30. The van der Waals surface area contributed by atoms with Gasteiger partial charge in [0.1, 0.15) is 5.69 Å². The molecule has 0 saturated heterocycles. The Kier molecular flexibility index (Phi) is 4.06. The van der Waals surface area contributed by atoms with E-state index < -0.39 is 17.6 Å². The summed E-state index contributed by atoms with van der Waals surface area (Å²) in [5.74, 6) is -0.534. The Balaban J connectivity index is 2.84. The number of nitrogens with zero attached hydrogens (tertiary/aromatic N) is 2. The summed E-state index contributed by atoms with van der Waals surface area (Å²) in [7, 11) is 1.43. The summed E-state index contributed by atoms with van der Waals surface area (Å²) >= 11 is 0. The Bertz CT molecular complexity index is 390. The molecule has 17 heavy (non-hydrogen) atoms. The van der Waals surface area contributed by atoms with E-state index in [0.29, 0.717) is 6.20 Å². The van der Waals surface area contributed by atoms with Crippen molar-refractivity contribution in [1.82, 2.24) is 9.88 Å². The molecule has 1 rings (SSSR count). The monoisotopic (exact) mass is 248 g/mol. The lowest BCUT2D eigenvalue weighted by atomic mass is 10.2. The van der Waals surface area contributed by atoms with Crippen LogP contribution in [0, 0.1) is 0 Å². The molecule has 0 aromatic carbocycles. The van der Waals surface area contributed by atoms with Crippen LogP contribution in [-0.2, 0) is 6.18 Å². The number of carbonyl (C=O) groups is 1. The third kappa shape index (κ3) is 3.42. The van der Waals surface area contributed by atoms with E-state index in [0.717, 1.165) is 12.1 Å². The van der Waals surface area contributed by atoms with E-state index in [1.54, 1.807) is 0 Å². The number of carbonyl (C=O) groups excluding carboxylic acids is 1. The quantitative estimate of drug-likeness (QED) is 0.873. The van der Waals surface area contributed by atoms with Crippen LogP contribution in [0.4, 0.5) is 13.2 Å². The van der Waals surface area contributed by atoms with Crippen LogP contribution in [0.2, 0.25) is 0 Å². The predicted molar refractivity (Wildman–Crippen MR) is 53.3 cm³/mol. The third-order valence-electron chi connectivity index (χ3n) is 2.09. The van der Waals surface area contributed by atoms with Gasteiger partial charge in [-0.3, -0.25) is 9.78 Å². The molecule has 0 saturated carbocycles. The molecular formula is C10H11F3N2O2. The van der Waals surface area contributed by atoms with Crippen LogP contribution in [0.15, 0.2) is 18.3 Å². The van der Waals surface area contributed by atoms with Crippen molar-refractivity contribution in [3.63, 3.8) is 0 Å². The molecule has 0 aliphatic heterocycles. The van der Waals surface area contributed by atoms with Gasteiger partial charge < -0.3 is 10.0 Å². The van der Waals surface area contributed by atoms with Gasteiger partial charge in [0.25, 0.3) is 5.91 Å². The highest BCUT2D eigenvalue weighted by Crippen LogP contribution is 2.28. The largest absolute Gasteiger partial charge is 0.417 e. The van der Waals surface area contributed by atoms with E-state index in [9.17, 15) is 18.0 Å². The molecule has 0 spiro atoms. The Morgan fingerprint density at radius 2 is 2.12 bits per heavy atom. The number of rotatable bonds is 3. The maximum atomic E-state index is 12.2. The molecule has 4 nitrogen and oxygen atoms in total. The molecule has 0 atom stereocenters. The summed E-state index contributed by atoms with van der Waals surface area (Å²) in [4.78, 5) is 16.2. The fraction of sp³-hybridized carbons (Fsp3) is 0.400. The van der Waals surface area contributed by atoms with Crippen molar-refractivity contribution >= 4 is 5.91 Å². The predicted octanol–water partition coefficient (Wildman–Crippen LogP) is 1.16. The van der Waals surface area contributed by atoms with Crippen molar-refractivity contribution in [3.05, 3.63) is 29.6 Å². The van der Waals surface area contributed by atoms with E-state index >= 15 is 0 Å². The molecule has 0 aliphatic carbocycles. The molecule has 0 bridgehead atoms. The first-order valence-electron chi connectivity index (χ1n) is 4.76. The molecule has 0 radical (unpaired) electrons. The van der Waals surface area contributed by atoms with Crippen LogP contribution >= 0.6 is 0 Å². The minimum atomic E-state index is -4.47. The number of aromatic nitrogens is 1. The number of hydrogen-bond donors (Lipinski definition) is 1. The van der Waals surface area contributed by atoms with Crippen molar-refractivity contribution in [3.8, 4) is 0 Å². The molecule has 0 aliphatic rings. The van der Waals surface area contributed by atoms with Crippen LogP contribution in [-0.4, -0.2) is 41.1 Å². The van der Waals surface area contributed by atoms with Crippen LogP contribution in [0.3, 0.4) is 0 Å². The highest BCUT2D eigenvalue weighted by molar-refractivity contribution is 5.92. The smallest absolute Gasteiger partial charge is 0.395 e. The van der Waals surface area contributed by atoms with Crippen LogP contribution < -0.4 is 0 Å². The fourth-order valence-electron chi connectivity index (χ4n) is 1.14. The fourth-order valence-corrected chi connectivity index (χ4v) is 1.14. The van der Waals surface area contributed by atoms with Crippen molar-refractivity contribution in [1.29, 1.82) is 0 Å². The molecule has 0 unspecified atom stereocenters. The van der Waals surface area contributed by atoms with Gasteiger partial charge in [-0.2, -0.15) is 13.2 Å². The van der Waals surface area contributed by atoms with Crippen LogP contribution in [0.25, 0.3) is 0 Å². The first-order valence-corrected chi connectivity index (χ1v) is 4.76. The second kappa shape index (κ2) is 5.13. The summed E-state index contributed by atoms with van der Waals surface area (Å²) < 4.78 is 36.7. The van der Waals surface area contributed by atoms with Gasteiger partial charge in [-0.15, -0.1) is 0 Å². The van der Waals surface area contributed by atoms with Gasteiger partial charge in [0.05, 0.1) is 12.2 Å². The minimum absolute atomic E-state index is 0.0889. The van der Waals surface area contributed by atoms with Crippen molar-refractivity contribution in [2.24, 2.45) is 0 Å². The van der Waals surface area contributed by atoms with Gasteiger partial charge in [0.15, 0.2) is 0 Å². The van der Waals surface area contributed by atoms with Gasteiger partial charge in [0.2, 0.25) is 0 Å². The standard InChI is InChI=1S/C10H11F3N2O2/c1-15(4-5-16)9(17)8-3-2-7(6-14-8)10(11,12)13/h2-3,6,16H,4-5H2,1H3. The number of likely N-dealkylation sites (N-methyl/N-ethyl adjacent to an activating group) is 1. The SMILES string of the molecule is CN(CCO)C(=O)c1ccc(C(F)(F)F)cn1. The first kappa shape index (κ1) is 13.4. The number of aliphatic hydroxyl groups is 1. The summed E-state index contributed by atoms with van der Waals surface area (Å²) in [5.41, 5.74) is -0.993. The second-order valence-corrected chi connectivity index (χ2v) is 3.38. The average molecular weight is 248 g/mol. The van der Waals surface area contributed by atoms with Gasteiger partial charge in [-0.1, -0.05) is 0 Å². The van der Waals surface area contributed by atoms with Gasteiger partial charge in [-0.05, 0) is 12.1 Å². The Morgan fingerprint density at radius 1 is 1.47 bits per heavy atom. The van der Waals surface area contributed by atoms with E-state index in [-0.39, 0.29) is 18.8 Å². The zero-order valence-electron chi connectivity index (χ0n) is 9.03. The van der Waals surface area contributed by atoms with E-state index in [1.165, 1.54) is 11.9 Å². The van der Waals surface area contributed by atoms with Crippen LogP contribution in [0.5, 0.6) is 0 Å². The molecule has 7 heteroatoms. The molecule has 1 N–H and O–H groups in total. The number of hydrogen-bond acceptors (Lipinski definition) is 3. The van der Waals surface area contributed by atoms with Gasteiger partial charge in [0, 0.05) is 19.8 Å². The summed E-state index contributed by atoms with van der Waals surface area (Å²) in [6.07, 6.45) is -3.86. The number of aliphatic hydroxyl groups excluding tert-OH is 1. The Morgan fingerprint density at radius 3 is 2.53 bits per heavy atom. The Labute approximate surface area is 95.7 Å². The number of pyridine rings is 1. The van der Waals surface area contributed by atoms with E-state index in [1.807, 2.05) is 0 Å². The summed E-state index contributed by atoms with van der Waals surface area (Å²) in [5, 5.41) is 8.62. The number of halogens is 3. The second-order valence-electron chi connectivity index (χ2n) is 3.38. The zero-order valence-corrected chi connectivity index (χ0v) is 9.03. The Hall–Kier alpha value is -1.63. The zero-order chi connectivity index (χ0) is 13.1. The lowest BCUT2D eigenvalue weighted by Gasteiger charge is -2.15. The van der Waals surface area contributed by atoms with E-state index in [4.69, 9.17) is 5.11 Å². The van der Waals surface area contributed by atoms with Crippen molar-refractivity contribution in [2.75, 3.05) is 20.2 Å². The van der Waals surface area contributed by atoms with Crippen LogP contribution in [0.1, 0.15) is 16.1 Å². The lowest BCUT2D eigenvalue weighted by molar-refractivity contribution is -0.137. The van der Waals surface area contributed by atoms with Crippen molar-refractivity contribution in [2.45, 2.75) is 6.18 Å². The highest BCUT2D eigenvalue weighted by Gasteiger charge is 2.31.